The van der Waals surface area contributed by atoms with Crippen LogP contribution in [0.5, 0.6) is 5.19 Å². The van der Waals surface area contributed by atoms with E-state index in [-0.39, 0.29) is 12.8 Å². The Labute approximate surface area is 90.3 Å². The van der Waals surface area contributed by atoms with Gasteiger partial charge in [-0.2, -0.15) is 0 Å². The van der Waals surface area contributed by atoms with Gasteiger partial charge in [-0.25, -0.2) is 4.98 Å². The van der Waals surface area contributed by atoms with E-state index in [1.165, 1.54) is 24.6 Å². The molecule has 1 fully saturated rings. The molecular formula is C9H11NO4S. The van der Waals surface area contributed by atoms with Crippen molar-refractivity contribution in [1.29, 1.82) is 0 Å². The predicted octanol–water partition coefficient (Wildman–Crippen LogP) is 0.629. The first kappa shape index (κ1) is 10.4. The van der Waals surface area contributed by atoms with Gasteiger partial charge in [0.2, 0.25) is 0 Å². The van der Waals surface area contributed by atoms with E-state index in [0.29, 0.717) is 10.1 Å². The van der Waals surface area contributed by atoms with Crippen molar-refractivity contribution in [1.82, 2.24) is 4.98 Å². The van der Waals surface area contributed by atoms with Crippen LogP contribution in [0.4, 0.5) is 0 Å². The summed E-state index contributed by atoms with van der Waals surface area (Å²) in [4.78, 5) is 15.8. The van der Waals surface area contributed by atoms with Gasteiger partial charge in [-0.15, -0.1) is 0 Å². The summed E-state index contributed by atoms with van der Waals surface area (Å²) in [6.07, 6.45) is 1.51. The third kappa shape index (κ3) is 1.49. The summed E-state index contributed by atoms with van der Waals surface area (Å²) in [5, 5.41) is 18.9. The highest BCUT2D eigenvalue weighted by molar-refractivity contribution is 7.13. The molecule has 1 aromatic heterocycles. The normalized spacial score (nSPS) is 29.6. The molecule has 1 aromatic rings. The van der Waals surface area contributed by atoms with Crippen molar-refractivity contribution in [2.75, 3.05) is 7.11 Å². The van der Waals surface area contributed by atoms with Gasteiger partial charge in [-0.1, -0.05) is 11.3 Å². The molecule has 0 radical (unpaired) electrons. The number of thiazole rings is 1. The molecule has 1 aliphatic carbocycles. The SMILES string of the molecule is COc1ncc(C2(C(=O)O)CC(O)C2)s1. The van der Waals surface area contributed by atoms with E-state index in [9.17, 15) is 9.90 Å². The Morgan fingerprint density at radius 3 is 2.80 bits per heavy atom. The number of carbonyl (C=O) groups is 1. The first-order valence-corrected chi connectivity index (χ1v) is 5.32. The minimum absolute atomic E-state index is 0.258. The van der Waals surface area contributed by atoms with E-state index in [0.717, 1.165) is 0 Å². The van der Waals surface area contributed by atoms with Crippen LogP contribution in [0.3, 0.4) is 0 Å². The van der Waals surface area contributed by atoms with Crippen LogP contribution in [0.25, 0.3) is 0 Å². The number of aromatic nitrogens is 1. The van der Waals surface area contributed by atoms with E-state index in [2.05, 4.69) is 4.98 Å². The molecule has 82 valence electrons. The largest absolute Gasteiger partial charge is 0.481 e. The summed E-state index contributed by atoms with van der Waals surface area (Å²) in [7, 11) is 1.49. The minimum atomic E-state index is -0.951. The second-order valence-corrected chi connectivity index (χ2v) is 4.64. The van der Waals surface area contributed by atoms with Gasteiger partial charge in [-0.3, -0.25) is 4.79 Å². The van der Waals surface area contributed by atoms with Crippen LogP contribution in [-0.4, -0.2) is 34.4 Å². The molecule has 0 atom stereocenters. The lowest BCUT2D eigenvalue weighted by Gasteiger charge is -2.40. The fourth-order valence-electron chi connectivity index (χ4n) is 1.80. The van der Waals surface area contributed by atoms with E-state index in [1.807, 2.05) is 0 Å². The van der Waals surface area contributed by atoms with Gasteiger partial charge in [0.05, 0.1) is 13.2 Å². The van der Waals surface area contributed by atoms with Crippen LogP contribution < -0.4 is 4.74 Å². The summed E-state index contributed by atoms with van der Waals surface area (Å²) in [6, 6.07) is 0. The van der Waals surface area contributed by atoms with E-state index in [4.69, 9.17) is 9.84 Å². The molecule has 2 rings (SSSR count). The van der Waals surface area contributed by atoms with Crippen LogP contribution in [0.2, 0.25) is 0 Å². The lowest BCUT2D eigenvalue weighted by Crippen LogP contribution is -2.50. The average molecular weight is 229 g/mol. The Morgan fingerprint density at radius 2 is 2.40 bits per heavy atom. The van der Waals surface area contributed by atoms with Crippen molar-refractivity contribution in [3.8, 4) is 5.19 Å². The zero-order valence-electron chi connectivity index (χ0n) is 8.14. The number of aliphatic hydroxyl groups is 1. The van der Waals surface area contributed by atoms with Crippen LogP contribution in [0.1, 0.15) is 17.7 Å². The van der Waals surface area contributed by atoms with E-state index >= 15 is 0 Å². The maximum Gasteiger partial charge on any atom is 0.315 e. The van der Waals surface area contributed by atoms with Crippen LogP contribution in [0.15, 0.2) is 6.20 Å². The maximum atomic E-state index is 11.2. The third-order valence-corrected chi connectivity index (χ3v) is 3.87. The summed E-state index contributed by atoms with van der Waals surface area (Å²) < 4.78 is 4.92. The molecule has 1 aliphatic rings. The Balaban J connectivity index is 2.30. The van der Waals surface area contributed by atoms with E-state index < -0.39 is 17.5 Å². The molecule has 1 saturated carbocycles. The number of aliphatic carboxylic acids is 1. The fourth-order valence-corrected chi connectivity index (χ4v) is 2.73. The van der Waals surface area contributed by atoms with Crippen molar-refractivity contribution in [3.63, 3.8) is 0 Å². The van der Waals surface area contributed by atoms with Gasteiger partial charge in [-0.05, 0) is 12.8 Å². The molecular weight excluding hydrogens is 218 g/mol. The van der Waals surface area contributed by atoms with Crippen molar-refractivity contribution >= 4 is 17.3 Å². The Hall–Kier alpha value is -1.14. The lowest BCUT2D eigenvalue weighted by atomic mass is 9.66. The number of nitrogens with zero attached hydrogens (tertiary/aromatic N) is 1. The molecule has 15 heavy (non-hydrogen) atoms. The monoisotopic (exact) mass is 229 g/mol. The molecule has 0 spiro atoms. The second kappa shape index (κ2) is 3.46. The topological polar surface area (TPSA) is 79.7 Å². The minimum Gasteiger partial charge on any atom is -0.481 e. The number of hydrogen-bond acceptors (Lipinski definition) is 5. The van der Waals surface area contributed by atoms with Gasteiger partial charge in [0.15, 0.2) is 0 Å². The highest BCUT2D eigenvalue weighted by atomic mass is 32.1. The summed E-state index contributed by atoms with van der Waals surface area (Å²) >= 11 is 1.22. The van der Waals surface area contributed by atoms with Gasteiger partial charge < -0.3 is 14.9 Å². The predicted molar refractivity (Wildman–Crippen MR) is 53.2 cm³/mol. The molecule has 0 bridgehead atoms. The number of rotatable bonds is 3. The van der Waals surface area contributed by atoms with E-state index in [1.54, 1.807) is 0 Å². The first-order chi connectivity index (χ1) is 7.08. The summed E-state index contributed by atoms with van der Waals surface area (Å²) in [5.41, 5.74) is -0.951. The molecule has 0 amide bonds. The highest BCUT2D eigenvalue weighted by Gasteiger charge is 2.52. The zero-order chi connectivity index (χ0) is 11.1. The smallest absolute Gasteiger partial charge is 0.315 e. The molecule has 0 aliphatic heterocycles. The molecule has 0 aromatic carbocycles. The Kier molecular flexibility index (Phi) is 2.40. The summed E-state index contributed by atoms with van der Waals surface area (Å²) in [5.74, 6) is -0.904. The Bertz CT molecular complexity index is 383. The number of ether oxygens (including phenoxy) is 1. The number of carboxylic acid groups (broad SMARTS) is 1. The van der Waals surface area contributed by atoms with Crippen molar-refractivity contribution in [2.45, 2.75) is 24.4 Å². The maximum absolute atomic E-state index is 11.2. The fraction of sp³-hybridized carbons (Fsp3) is 0.556. The van der Waals surface area contributed by atoms with Gasteiger partial charge >= 0.3 is 5.97 Å². The highest BCUT2D eigenvalue weighted by Crippen LogP contribution is 2.47. The summed E-state index contributed by atoms with van der Waals surface area (Å²) in [6.45, 7) is 0. The first-order valence-electron chi connectivity index (χ1n) is 4.50. The van der Waals surface area contributed by atoms with Crippen LogP contribution in [0, 0.1) is 0 Å². The third-order valence-electron chi connectivity index (χ3n) is 2.71. The molecule has 0 unspecified atom stereocenters. The average Bonchev–Trinajstić information content (AvgIpc) is 2.60. The standard InChI is InChI=1S/C9H11NO4S/c1-14-8-10-4-6(15-8)9(7(12)13)2-5(11)3-9/h4-5,11H,2-3H2,1H3,(H,12,13). The zero-order valence-corrected chi connectivity index (χ0v) is 8.95. The molecule has 0 saturated heterocycles. The van der Waals surface area contributed by atoms with Gasteiger partial charge in [0, 0.05) is 11.1 Å². The Morgan fingerprint density at radius 1 is 1.73 bits per heavy atom. The molecule has 1 heterocycles. The van der Waals surface area contributed by atoms with Crippen LogP contribution >= 0.6 is 11.3 Å². The number of carboxylic acids is 1. The molecule has 2 N–H and O–H groups in total. The van der Waals surface area contributed by atoms with Crippen molar-refractivity contribution in [2.24, 2.45) is 0 Å². The van der Waals surface area contributed by atoms with Crippen molar-refractivity contribution in [3.05, 3.63) is 11.1 Å². The second-order valence-electron chi connectivity index (χ2n) is 3.64. The number of methoxy groups -OCH3 is 1. The number of aliphatic hydroxyl groups excluding tert-OH is 1. The number of hydrogen-bond donors (Lipinski definition) is 2. The lowest BCUT2D eigenvalue weighted by molar-refractivity contribution is -0.152. The molecule has 5 nitrogen and oxygen atoms in total. The van der Waals surface area contributed by atoms with Crippen molar-refractivity contribution < 1.29 is 19.7 Å². The van der Waals surface area contributed by atoms with Gasteiger partial charge in [0.25, 0.3) is 5.19 Å². The van der Waals surface area contributed by atoms with Crippen LogP contribution in [-0.2, 0) is 10.2 Å². The quantitative estimate of drug-likeness (QED) is 0.794. The molecule has 6 heteroatoms. The van der Waals surface area contributed by atoms with Gasteiger partial charge in [0.1, 0.15) is 5.41 Å².